The van der Waals surface area contributed by atoms with Crippen LogP contribution in [0.5, 0.6) is 5.75 Å². The van der Waals surface area contributed by atoms with E-state index in [1.54, 1.807) is 19.4 Å². The molecule has 0 radical (unpaired) electrons. The summed E-state index contributed by atoms with van der Waals surface area (Å²) in [7, 11) is 1.61. The topological polar surface area (TPSA) is 51.5 Å². The minimum atomic E-state index is -0.335. The van der Waals surface area contributed by atoms with Crippen molar-refractivity contribution in [1.29, 1.82) is 0 Å². The third-order valence-corrected chi connectivity index (χ3v) is 3.77. The van der Waals surface area contributed by atoms with E-state index >= 15 is 0 Å². The van der Waals surface area contributed by atoms with Crippen LogP contribution in [0.4, 0.5) is 0 Å². The number of methoxy groups -OCH3 is 1. The van der Waals surface area contributed by atoms with Gasteiger partial charge < -0.3 is 14.5 Å². The molecule has 0 aliphatic heterocycles. The Morgan fingerprint density at radius 3 is 2.64 bits per heavy atom. The second-order valence-electron chi connectivity index (χ2n) is 5.48. The van der Waals surface area contributed by atoms with Gasteiger partial charge in [0.25, 0.3) is 0 Å². The minimum Gasteiger partial charge on any atom is -0.497 e. The van der Waals surface area contributed by atoms with Gasteiger partial charge in [-0.05, 0) is 41.5 Å². The van der Waals surface area contributed by atoms with Crippen molar-refractivity contribution in [1.82, 2.24) is 5.32 Å². The van der Waals surface area contributed by atoms with Gasteiger partial charge in [0.15, 0.2) is 0 Å². The number of carbonyl (C=O) groups excluding carboxylic acids is 1. The Balaban J connectivity index is 1.75. The van der Waals surface area contributed by atoms with Crippen molar-refractivity contribution in [3.63, 3.8) is 0 Å². The van der Waals surface area contributed by atoms with Crippen molar-refractivity contribution in [2.75, 3.05) is 7.11 Å². The largest absolute Gasteiger partial charge is 0.497 e. The Morgan fingerprint density at radius 1 is 1.08 bits per heavy atom. The maximum absolute atomic E-state index is 12.4. The highest BCUT2D eigenvalue weighted by atomic mass is 16.5. The fraction of sp³-hybridized carbons (Fsp3) is 0.0952. The number of amides is 1. The van der Waals surface area contributed by atoms with E-state index in [1.807, 2.05) is 66.7 Å². The molecule has 3 aromatic rings. The number of ether oxygens (including phenoxy) is 1. The standard InChI is InChI=1S/C21H19NO3/c1-24-18-10-5-7-16(15-18)12-13-20(23)22-21(19-11-6-14-25-19)17-8-3-2-4-9-17/h2-15,21H,1H3,(H,22,23)/b13-12+/t21-/m0/s1. The van der Waals surface area contributed by atoms with Crippen LogP contribution in [0, 0.1) is 0 Å². The van der Waals surface area contributed by atoms with Crippen LogP contribution in [0.15, 0.2) is 83.5 Å². The van der Waals surface area contributed by atoms with E-state index in [2.05, 4.69) is 5.32 Å². The van der Waals surface area contributed by atoms with E-state index < -0.39 is 0 Å². The van der Waals surface area contributed by atoms with Crippen LogP contribution >= 0.6 is 0 Å². The Bertz CT molecular complexity index is 839. The third-order valence-electron chi connectivity index (χ3n) is 3.77. The van der Waals surface area contributed by atoms with Gasteiger partial charge in [-0.2, -0.15) is 0 Å². The van der Waals surface area contributed by atoms with Gasteiger partial charge in [0, 0.05) is 6.08 Å². The average molecular weight is 333 g/mol. The van der Waals surface area contributed by atoms with Gasteiger partial charge in [-0.25, -0.2) is 0 Å². The molecule has 1 amide bonds. The van der Waals surface area contributed by atoms with Crippen LogP contribution in [-0.4, -0.2) is 13.0 Å². The molecule has 0 unspecified atom stereocenters. The highest BCUT2D eigenvalue weighted by molar-refractivity contribution is 5.92. The van der Waals surface area contributed by atoms with Crippen LogP contribution in [0.25, 0.3) is 6.08 Å². The van der Waals surface area contributed by atoms with Crippen molar-refractivity contribution in [2.45, 2.75) is 6.04 Å². The molecular weight excluding hydrogens is 314 g/mol. The fourth-order valence-corrected chi connectivity index (χ4v) is 2.53. The Kier molecular flexibility index (Phi) is 5.32. The molecule has 0 spiro atoms. The molecule has 25 heavy (non-hydrogen) atoms. The van der Waals surface area contributed by atoms with Crippen LogP contribution in [0.3, 0.4) is 0 Å². The quantitative estimate of drug-likeness (QED) is 0.688. The first-order chi connectivity index (χ1) is 12.3. The van der Waals surface area contributed by atoms with Crippen LogP contribution < -0.4 is 10.1 Å². The summed E-state index contributed by atoms with van der Waals surface area (Å²) in [5.74, 6) is 1.24. The lowest BCUT2D eigenvalue weighted by molar-refractivity contribution is -0.117. The maximum atomic E-state index is 12.4. The lowest BCUT2D eigenvalue weighted by atomic mass is 10.0. The zero-order chi connectivity index (χ0) is 17.5. The molecule has 0 saturated heterocycles. The van der Waals surface area contributed by atoms with Gasteiger partial charge >= 0.3 is 0 Å². The van der Waals surface area contributed by atoms with Crippen LogP contribution in [0.1, 0.15) is 22.9 Å². The monoisotopic (exact) mass is 333 g/mol. The first-order valence-corrected chi connectivity index (χ1v) is 7.97. The summed E-state index contributed by atoms with van der Waals surface area (Å²) in [6.07, 6.45) is 4.86. The molecule has 1 N–H and O–H groups in total. The minimum absolute atomic E-state index is 0.201. The van der Waals surface area contributed by atoms with Crippen molar-refractivity contribution in [2.24, 2.45) is 0 Å². The molecule has 0 aliphatic carbocycles. The number of carbonyl (C=O) groups is 1. The summed E-state index contributed by atoms with van der Waals surface area (Å²) in [5, 5.41) is 2.98. The molecule has 4 heteroatoms. The highest BCUT2D eigenvalue weighted by Crippen LogP contribution is 2.22. The normalized spacial score (nSPS) is 12.0. The number of nitrogens with one attached hydrogen (secondary N) is 1. The lowest BCUT2D eigenvalue weighted by Gasteiger charge is -2.16. The molecule has 3 rings (SSSR count). The Labute approximate surface area is 146 Å². The van der Waals surface area contributed by atoms with Gasteiger partial charge in [0.05, 0.1) is 13.4 Å². The number of hydrogen-bond donors (Lipinski definition) is 1. The molecule has 0 aliphatic rings. The summed E-state index contributed by atoms with van der Waals surface area (Å²) in [6.45, 7) is 0. The first-order valence-electron chi connectivity index (χ1n) is 7.97. The zero-order valence-electron chi connectivity index (χ0n) is 13.9. The van der Waals surface area contributed by atoms with Crippen LogP contribution in [-0.2, 0) is 4.79 Å². The lowest BCUT2D eigenvalue weighted by Crippen LogP contribution is -2.27. The van der Waals surface area contributed by atoms with E-state index in [9.17, 15) is 4.79 Å². The number of rotatable bonds is 6. The molecule has 0 fully saturated rings. The van der Waals surface area contributed by atoms with Crippen molar-refractivity contribution in [3.8, 4) is 5.75 Å². The third kappa shape index (κ3) is 4.38. The molecule has 1 heterocycles. The van der Waals surface area contributed by atoms with Crippen molar-refractivity contribution in [3.05, 3.63) is 96.0 Å². The van der Waals surface area contributed by atoms with Crippen molar-refractivity contribution >= 4 is 12.0 Å². The van der Waals surface area contributed by atoms with Gasteiger partial charge in [0.1, 0.15) is 17.6 Å². The number of benzene rings is 2. The van der Waals surface area contributed by atoms with Gasteiger partial charge in [-0.1, -0.05) is 42.5 Å². The highest BCUT2D eigenvalue weighted by Gasteiger charge is 2.17. The average Bonchev–Trinajstić information content (AvgIpc) is 3.20. The summed E-state index contributed by atoms with van der Waals surface area (Å²) < 4.78 is 10.7. The Hall–Kier alpha value is -3.27. The zero-order valence-corrected chi connectivity index (χ0v) is 13.9. The summed E-state index contributed by atoms with van der Waals surface area (Å²) in [6, 6.07) is 20.6. The first kappa shape index (κ1) is 16.6. The van der Waals surface area contributed by atoms with E-state index in [0.29, 0.717) is 5.76 Å². The Morgan fingerprint density at radius 2 is 1.92 bits per heavy atom. The molecule has 0 bridgehead atoms. The summed E-state index contributed by atoms with van der Waals surface area (Å²) >= 11 is 0. The van der Waals surface area contributed by atoms with E-state index in [-0.39, 0.29) is 11.9 Å². The summed E-state index contributed by atoms with van der Waals surface area (Å²) in [4.78, 5) is 12.4. The predicted octanol–water partition coefficient (Wildman–Crippen LogP) is 4.21. The molecule has 1 aromatic heterocycles. The van der Waals surface area contributed by atoms with E-state index in [1.165, 1.54) is 6.08 Å². The fourth-order valence-electron chi connectivity index (χ4n) is 2.53. The van der Waals surface area contributed by atoms with E-state index in [0.717, 1.165) is 16.9 Å². The van der Waals surface area contributed by atoms with Gasteiger partial charge in [0.2, 0.25) is 5.91 Å². The van der Waals surface area contributed by atoms with Gasteiger partial charge in [-0.15, -0.1) is 0 Å². The molecule has 126 valence electrons. The smallest absolute Gasteiger partial charge is 0.244 e. The molecule has 1 atom stereocenters. The summed E-state index contributed by atoms with van der Waals surface area (Å²) in [5.41, 5.74) is 1.85. The maximum Gasteiger partial charge on any atom is 0.244 e. The SMILES string of the molecule is COc1cccc(/C=C/C(=O)N[C@@H](c2ccccc2)c2ccco2)c1. The number of furan rings is 1. The molecule has 2 aromatic carbocycles. The predicted molar refractivity (Wildman–Crippen MR) is 97.2 cm³/mol. The second-order valence-corrected chi connectivity index (χ2v) is 5.48. The van der Waals surface area contributed by atoms with Crippen LogP contribution in [0.2, 0.25) is 0 Å². The molecule has 4 nitrogen and oxygen atoms in total. The second kappa shape index (κ2) is 8.02. The number of hydrogen-bond acceptors (Lipinski definition) is 3. The van der Waals surface area contributed by atoms with E-state index in [4.69, 9.17) is 9.15 Å². The van der Waals surface area contributed by atoms with Gasteiger partial charge in [-0.3, -0.25) is 4.79 Å². The van der Waals surface area contributed by atoms with Crippen molar-refractivity contribution < 1.29 is 13.9 Å². The molecular formula is C21H19NO3. The molecule has 0 saturated carbocycles.